The van der Waals surface area contributed by atoms with Gasteiger partial charge < -0.3 is 20.6 Å². The quantitative estimate of drug-likeness (QED) is 0.377. The Hall–Kier alpha value is -3.42. The third kappa shape index (κ3) is 5.52. The smallest absolute Gasteiger partial charge is 0.327 e. The number of hydrogen-bond donors (Lipinski definition) is 3. The van der Waals surface area contributed by atoms with E-state index < -0.39 is 68.5 Å². The molecular weight excluding hydrogens is 544 g/mol. The van der Waals surface area contributed by atoms with E-state index in [2.05, 4.69) is 10.6 Å². The van der Waals surface area contributed by atoms with Crippen molar-refractivity contribution in [2.75, 3.05) is 13.6 Å². The van der Waals surface area contributed by atoms with Gasteiger partial charge in [-0.05, 0) is 38.5 Å². The van der Waals surface area contributed by atoms with Crippen LogP contribution in [0.3, 0.4) is 0 Å². The van der Waals surface area contributed by atoms with Crippen LogP contribution in [-0.4, -0.2) is 82.2 Å². The van der Waals surface area contributed by atoms with Gasteiger partial charge in [-0.15, -0.1) is 11.8 Å². The average molecular weight is 575 g/mol. The van der Waals surface area contributed by atoms with Crippen molar-refractivity contribution in [1.82, 2.24) is 19.8 Å². The third-order valence-electron chi connectivity index (χ3n) is 6.77. The number of thioether (sulfide) groups is 1. The normalized spacial score (nSPS) is 22.5. The first kappa shape index (κ1) is 28.6. The van der Waals surface area contributed by atoms with E-state index in [1.807, 2.05) is 6.92 Å². The van der Waals surface area contributed by atoms with Gasteiger partial charge in [0.2, 0.25) is 27.7 Å². The summed E-state index contributed by atoms with van der Waals surface area (Å²) in [5, 5.41) is 14.3. The summed E-state index contributed by atoms with van der Waals surface area (Å²) < 4.78 is 26.0. The van der Waals surface area contributed by atoms with Gasteiger partial charge in [0.1, 0.15) is 23.5 Å². The Bertz CT molecular complexity index is 1400. The van der Waals surface area contributed by atoms with E-state index in [-0.39, 0.29) is 4.90 Å². The van der Waals surface area contributed by atoms with Gasteiger partial charge in [0, 0.05) is 11.8 Å². The second kappa shape index (κ2) is 10.6. The molecule has 2 aromatic rings. The number of carboxylic acid groups (broad SMARTS) is 1. The van der Waals surface area contributed by atoms with E-state index in [1.54, 1.807) is 56.3 Å². The summed E-state index contributed by atoms with van der Waals surface area (Å²) in [5.74, 6) is -3.03. The van der Waals surface area contributed by atoms with Gasteiger partial charge in [0.25, 0.3) is 0 Å². The van der Waals surface area contributed by atoms with Crippen LogP contribution in [0.5, 0.6) is 0 Å². The van der Waals surface area contributed by atoms with Crippen LogP contribution in [-0.2, 0) is 29.2 Å². The molecule has 3 N–H and O–H groups in total. The van der Waals surface area contributed by atoms with Gasteiger partial charge in [0.05, 0.1) is 11.4 Å². The first-order valence-electron chi connectivity index (χ1n) is 12.1. The Balaban J connectivity index is 1.48. The van der Waals surface area contributed by atoms with Crippen molar-refractivity contribution in [3.8, 4) is 0 Å². The van der Waals surface area contributed by atoms with E-state index in [4.69, 9.17) is 0 Å². The molecule has 0 aromatic heterocycles. The maximum absolute atomic E-state index is 13.4. The highest BCUT2D eigenvalue weighted by atomic mass is 32.2. The number of nitrogens with one attached hydrogen (secondary N) is 2. The zero-order valence-corrected chi connectivity index (χ0v) is 23.5. The number of fused-ring (bicyclic) bond motifs is 1. The maximum Gasteiger partial charge on any atom is 0.327 e. The molecule has 208 valence electrons. The number of β-lactam (4-membered cyclic amide) rings is 1. The Kier molecular flexibility index (Phi) is 7.79. The first-order valence-corrected chi connectivity index (χ1v) is 14.5. The number of sulfonamides is 1. The van der Waals surface area contributed by atoms with E-state index in [1.165, 1.54) is 35.8 Å². The summed E-state index contributed by atoms with van der Waals surface area (Å²) in [6, 6.07) is 11.4. The zero-order valence-electron chi connectivity index (χ0n) is 21.8. The third-order valence-corrected chi connectivity index (χ3v) is 10.2. The van der Waals surface area contributed by atoms with Crippen LogP contribution in [0.1, 0.15) is 31.0 Å². The van der Waals surface area contributed by atoms with Gasteiger partial charge in [-0.2, -0.15) is 4.31 Å². The monoisotopic (exact) mass is 574 g/mol. The van der Waals surface area contributed by atoms with Crippen LogP contribution >= 0.6 is 11.8 Å². The fourth-order valence-corrected chi connectivity index (χ4v) is 7.46. The van der Waals surface area contributed by atoms with Crippen LogP contribution in [0.25, 0.3) is 0 Å². The minimum absolute atomic E-state index is 0.0328. The molecule has 13 heteroatoms. The number of amides is 3. The van der Waals surface area contributed by atoms with Crippen LogP contribution in [0.4, 0.5) is 0 Å². The summed E-state index contributed by atoms with van der Waals surface area (Å²) in [6.45, 7) is 4.74. The summed E-state index contributed by atoms with van der Waals surface area (Å²) in [5.41, 5.74) is 1.32. The molecule has 39 heavy (non-hydrogen) atoms. The first-order chi connectivity index (χ1) is 18.2. The predicted molar refractivity (Wildman–Crippen MR) is 144 cm³/mol. The molecule has 0 aliphatic carbocycles. The molecule has 2 fully saturated rings. The second-order valence-electron chi connectivity index (χ2n) is 10.1. The number of benzene rings is 2. The molecule has 2 aliphatic rings. The van der Waals surface area contributed by atoms with Gasteiger partial charge in [-0.3, -0.25) is 14.4 Å². The number of aryl methyl sites for hydroxylation is 1. The van der Waals surface area contributed by atoms with Crippen LogP contribution in [0, 0.1) is 6.92 Å². The van der Waals surface area contributed by atoms with Crippen molar-refractivity contribution < 1.29 is 32.7 Å². The lowest BCUT2D eigenvalue weighted by Gasteiger charge is -2.44. The molecule has 2 heterocycles. The molecule has 3 amide bonds. The lowest BCUT2D eigenvalue weighted by atomic mass is 9.95. The number of hydrogen-bond acceptors (Lipinski definition) is 7. The largest absolute Gasteiger partial charge is 0.480 e. The van der Waals surface area contributed by atoms with Crippen molar-refractivity contribution in [2.45, 2.75) is 53.9 Å². The topological polar surface area (TPSA) is 153 Å². The summed E-state index contributed by atoms with van der Waals surface area (Å²) in [7, 11) is -2.69. The number of carboxylic acids is 1. The number of nitrogens with zero attached hydrogens (tertiary/aromatic N) is 2. The lowest BCUT2D eigenvalue weighted by molar-refractivity contribution is -0.161. The van der Waals surface area contributed by atoms with E-state index in [9.17, 15) is 32.7 Å². The van der Waals surface area contributed by atoms with Crippen LogP contribution in [0.2, 0.25) is 0 Å². The number of likely N-dealkylation sites (N-methyl/N-ethyl adjacent to an activating group) is 1. The Morgan fingerprint density at radius 1 is 1.10 bits per heavy atom. The van der Waals surface area contributed by atoms with Gasteiger partial charge in [-0.1, -0.05) is 48.0 Å². The number of aliphatic carboxylic acids is 1. The van der Waals surface area contributed by atoms with E-state index in [0.717, 1.165) is 9.87 Å². The summed E-state index contributed by atoms with van der Waals surface area (Å²) >= 11 is 1.29. The fourth-order valence-electron chi connectivity index (χ4n) is 4.71. The fraction of sp³-hybridized carbons (Fsp3) is 0.385. The molecule has 0 saturated carbocycles. The molecule has 11 nitrogen and oxygen atoms in total. The van der Waals surface area contributed by atoms with Crippen molar-refractivity contribution >= 4 is 45.5 Å². The zero-order chi connectivity index (χ0) is 28.7. The number of carbonyl (C=O) groups is 4. The van der Waals surface area contributed by atoms with Gasteiger partial charge >= 0.3 is 5.97 Å². The predicted octanol–water partition coefficient (Wildman–Crippen LogP) is 1.10. The van der Waals surface area contributed by atoms with Crippen molar-refractivity contribution in [1.29, 1.82) is 0 Å². The van der Waals surface area contributed by atoms with E-state index >= 15 is 0 Å². The van der Waals surface area contributed by atoms with Crippen molar-refractivity contribution in [2.24, 2.45) is 0 Å². The summed E-state index contributed by atoms with van der Waals surface area (Å²) in [4.78, 5) is 52.2. The van der Waals surface area contributed by atoms with Crippen molar-refractivity contribution in [3.05, 3.63) is 65.7 Å². The molecule has 4 atom stereocenters. The molecule has 0 bridgehead atoms. The highest BCUT2D eigenvalue weighted by Crippen LogP contribution is 2.50. The molecule has 2 saturated heterocycles. The molecule has 0 spiro atoms. The highest BCUT2D eigenvalue weighted by Gasteiger charge is 2.64. The molecule has 0 radical (unpaired) electrons. The highest BCUT2D eigenvalue weighted by molar-refractivity contribution is 8.01. The Morgan fingerprint density at radius 2 is 1.72 bits per heavy atom. The number of rotatable bonds is 9. The molecule has 2 aliphatic heterocycles. The Morgan fingerprint density at radius 3 is 2.31 bits per heavy atom. The lowest BCUT2D eigenvalue weighted by Crippen LogP contribution is -2.71. The average Bonchev–Trinajstić information content (AvgIpc) is 3.14. The SMILES string of the molecule is Cc1ccc(S(=O)(=O)N(C)CC(=O)NC(C(=O)N[C@@H]2C(=O)N3[C@@H]2SC(C)(C)[C@@H]3C(=O)O)c2ccccc2)cc1. The van der Waals surface area contributed by atoms with Gasteiger partial charge in [0.15, 0.2) is 0 Å². The second-order valence-corrected chi connectivity index (χ2v) is 13.9. The van der Waals surface area contributed by atoms with Crippen LogP contribution in [0.15, 0.2) is 59.5 Å². The van der Waals surface area contributed by atoms with Crippen molar-refractivity contribution in [3.63, 3.8) is 0 Å². The van der Waals surface area contributed by atoms with Crippen LogP contribution < -0.4 is 10.6 Å². The standard InChI is InChI=1S/C26H30N4O7S2/c1-15-10-12-17(13-11-15)39(36,37)29(4)14-18(31)27-19(16-8-6-5-7-9-16)22(32)28-20-23(33)30-21(25(34)35)26(2,3)38-24(20)30/h5-13,19-21,24H,14H2,1-4H3,(H,27,31)(H,28,32)(H,34,35)/t19?,20-,21+,24-/m1/s1. The molecule has 1 unspecified atom stereocenters. The molecule has 2 aromatic carbocycles. The Labute approximate surface area is 231 Å². The van der Waals surface area contributed by atoms with Gasteiger partial charge in [-0.25, -0.2) is 13.2 Å². The molecule has 4 rings (SSSR count). The maximum atomic E-state index is 13.4. The number of carbonyl (C=O) groups excluding carboxylic acids is 3. The van der Waals surface area contributed by atoms with E-state index in [0.29, 0.717) is 5.56 Å². The molecular formula is C26H30N4O7S2. The minimum atomic E-state index is -3.95. The summed E-state index contributed by atoms with van der Waals surface area (Å²) in [6.07, 6.45) is 0. The minimum Gasteiger partial charge on any atom is -0.480 e.